The molecule has 0 amide bonds. The fourth-order valence-electron chi connectivity index (χ4n) is 2.17. The van der Waals surface area contributed by atoms with Gasteiger partial charge in [-0.1, -0.05) is 0 Å². The summed E-state index contributed by atoms with van der Waals surface area (Å²) in [6.07, 6.45) is 5.95. The quantitative estimate of drug-likeness (QED) is 0.892. The van der Waals surface area contributed by atoms with Crippen LogP contribution in [0.4, 0.5) is 0 Å². The molecule has 0 bridgehead atoms. The predicted octanol–water partition coefficient (Wildman–Crippen LogP) is 2.70. The van der Waals surface area contributed by atoms with Crippen LogP contribution in [0.25, 0.3) is 0 Å². The van der Waals surface area contributed by atoms with E-state index in [1.807, 2.05) is 17.1 Å². The Morgan fingerprint density at radius 3 is 2.50 bits per heavy atom. The SMILES string of the molecule is CCn1cc(CNCc2cnn(C(C)C)c2C)cn1.Cl. The molecule has 5 nitrogen and oxygen atoms in total. The van der Waals surface area contributed by atoms with E-state index in [9.17, 15) is 0 Å². The monoisotopic (exact) mass is 297 g/mol. The standard InChI is InChI=1S/C14H23N5.ClH/c1-5-18-10-13(7-16-18)6-15-8-14-9-17-19(11(2)3)12(14)4;/h7,9-11,15H,5-6,8H2,1-4H3;1H. The molecule has 0 spiro atoms. The maximum Gasteiger partial charge on any atom is 0.0537 e. The third kappa shape index (κ3) is 3.84. The van der Waals surface area contributed by atoms with Crippen molar-refractivity contribution in [1.82, 2.24) is 24.9 Å². The zero-order valence-corrected chi connectivity index (χ0v) is 13.4. The lowest BCUT2D eigenvalue weighted by atomic mass is 10.2. The summed E-state index contributed by atoms with van der Waals surface area (Å²) in [7, 11) is 0. The fraction of sp³-hybridized carbons (Fsp3) is 0.571. The van der Waals surface area contributed by atoms with Crippen molar-refractivity contribution < 1.29 is 0 Å². The van der Waals surface area contributed by atoms with Crippen LogP contribution in [0.2, 0.25) is 0 Å². The van der Waals surface area contributed by atoms with E-state index in [-0.39, 0.29) is 12.4 Å². The van der Waals surface area contributed by atoms with E-state index in [1.165, 1.54) is 16.8 Å². The van der Waals surface area contributed by atoms with Crippen molar-refractivity contribution in [2.45, 2.75) is 53.4 Å². The van der Waals surface area contributed by atoms with Gasteiger partial charge in [0.05, 0.1) is 12.4 Å². The van der Waals surface area contributed by atoms with Gasteiger partial charge in [-0.2, -0.15) is 10.2 Å². The largest absolute Gasteiger partial charge is 0.308 e. The van der Waals surface area contributed by atoms with Crippen LogP contribution >= 0.6 is 12.4 Å². The summed E-state index contributed by atoms with van der Waals surface area (Å²) in [5, 5.41) is 12.1. The molecule has 2 rings (SSSR count). The van der Waals surface area contributed by atoms with Crippen LogP contribution in [0.15, 0.2) is 18.6 Å². The van der Waals surface area contributed by atoms with Crippen LogP contribution in [0, 0.1) is 6.92 Å². The van der Waals surface area contributed by atoms with Crippen molar-refractivity contribution >= 4 is 12.4 Å². The summed E-state index contributed by atoms with van der Waals surface area (Å²) in [5.41, 5.74) is 3.72. The number of halogens is 1. The van der Waals surface area contributed by atoms with Crippen LogP contribution in [0.1, 0.15) is 43.6 Å². The lowest BCUT2D eigenvalue weighted by Gasteiger charge is -2.09. The first-order chi connectivity index (χ1) is 9.11. The normalized spacial score (nSPS) is 10.8. The molecule has 2 aromatic heterocycles. The molecule has 0 atom stereocenters. The minimum absolute atomic E-state index is 0. The van der Waals surface area contributed by atoms with Gasteiger partial charge in [0.15, 0.2) is 0 Å². The van der Waals surface area contributed by atoms with E-state index in [2.05, 4.69) is 54.1 Å². The smallest absolute Gasteiger partial charge is 0.0537 e. The zero-order valence-electron chi connectivity index (χ0n) is 12.6. The lowest BCUT2D eigenvalue weighted by Crippen LogP contribution is -2.13. The zero-order chi connectivity index (χ0) is 13.8. The number of hydrogen-bond donors (Lipinski definition) is 1. The van der Waals surface area contributed by atoms with E-state index in [0.29, 0.717) is 6.04 Å². The number of rotatable bonds is 6. The molecule has 6 heteroatoms. The Morgan fingerprint density at radius 1 is 1.20 bits per heavy atom. The Morgan fingerprint density at radius 2 is 1.95 bits per heavy atom. The van der Waals surface area contributed by atoms with Gasteiger partial charge < -0.3 is 5.32 Å². The van der Waals surface area contributed by atoms with Crippen molar-refractivity contribution in [2.75, 3.05) is 0 Å². The molecule has 0 aliphatic rings. The van der Waals surface area contributed by atoms with Crippen molar-refractivity contribution in [3.8, 4) is 0 Å². The van der Waals surface area contributed by atoms with Gasteiger partial charge in [0.2, 0.25) is 0 Å². The predicted molar refractivity (Wildman–Crippen MR) is 83.0 cm³/mol. The first-order valence-corrected chi connectivity index (χ1v) is 6.86. The summed E-state index contributed by atoms with van der Waals surface area (Å²) in [6, 6.07) is 0.413. The molecular formula is C14H24ClN5. The highest BCUT2D eigenvalue weighted by Crippen LogP contribution is 2.12. The number of nitrogens with zero attached hydrogens (tertiary/aromatic N) is 4. The topological polar surface area (TPSA) is 47.7 Å². The summed E-state index contributed by atoms with van der Waals surface area (Å²) in [4.78, 5) is 0. The van der Waals surface area contributed by atoms with Crippen molar-refractivity contribution in [1.29, 1.82) is 0 Å². The van der Waals surface area contributed by atoms with Gasteiger partial charge in [0.25, 0.3) is 0 Å². The van der Waals surface area contributed by atoms with Gasteiger partial charge in [-0.05, 0) is 27.7 Å². The molecule has 0 saturated carbocycles. The Kier molecular flexibility index (Phi) is 6.23. The highest BCUT2D eigenvalue weighted by molar-refractivity contribution is 5.85. The Labute approximate surface area is 126 Å². The van der Waals surface area contributed by atoms with E-state index in [0.717, 1.165) is 19.6 Å². The van der Waals surface area contributed by atoms with Crippen LogP contribution in [0.3, 0.4) is 0 Å². The Hall–Kier alpha value is -1.33. The summed E-state index contributed by atoms with van der Waals surface area (Å²) in [6.45, 7) is 11.1. The summed E-state index contributed by atoms with van der Waals surface area (Å²) in [5.74, 6) is 0. The van der Waals surface area contributed by atoms with Crippen LogP contribution in [-0.4, -0.2) is 19.6 Å². The molecule has 0 aromatic carbocycles. The van der Waals surface area contributed by atoms with Gasteiger partial charge in [-0.15, -0.1) is 12.4 Å². The van der Waals surface area contributed by atoms with E-state index in [4.69, 9.17) is 0 Å². The summed E-state index contributed by atoms with van der Waals surface area (Å²) < 4.78 is 4.01. The molecular weight excluding hydrogens is 274 g/mol. The van der Waals surface area contributed by atoms with Gasteiger partial charge in [-0.3, -0.25) is 9.36 Å². The van der Waals surface area contributed by atoms with Gasteiger partial charge in [-0.25, -0.2) is 0 Å². The Bertz CT molecular complexity index is 529. The average Bonchev–Trinajstić information content (AvgIpc) is 2.97. The van der Waals surface area contributed by atoms with E-state index >= 15 is 0 Å². The molecule has 0 aliphatic carbocycles. The lowest BCUT2D eigenvalue weighted by molar-refractivity contribution is 0.517. The molecule has 2 aromatic rings. The number of hydrogen-bond acceptors (Lipinski definition) is 3. The minimum atomic E-state index is 0. The molecule has 1 N–H and O–H groups in total. The number of nitrogens with one attached hydrogen (secondary N) is 1. The Balaban J connectivity index is 0.00000200. The number of aromatic nitrogens is 4. The van der Waals surface area contributed by atoms with Crippen molar-refractivity contribution in [3.63, 3.8) is 0 Å². The molecule has 0 unspecified atom stereocenters. The second kappa shape index (κ2) is 7.45. The van der Waals surface area contributed by atoms with Gasteiger partial charge in [0, 0.05) is 48.7 Å². The first-order valence-electron chi connectivity index (χ1n) is 6.86. The molecule has 0 radical (unpaired) electrons. The second-order valence-corrected chi connectivity index (χ2v) is 5.10. The molecule has 20 heavy (non-hydrogen) atoms. The van der Waals surface area contributed by atoms with Crippen LogP contribution in [0.5, 0.6) is 0 Å². The summed E-state index contributed by atoms with van der Waals surface area (Å²) >= 11 is 0. The first kappa shape index (κ1) is 16.7. The highest BCUT2D eigenvalue weighted by Gasteiger charge is 2.08. The van der Waals surface area contributed by atoms with Crippen molar-refractivity contribution in [2.24, 2.45) is 0 Å². The van der Waals surface area contributed by atoms with Gasteiger partial charge >= 0.3 is 0 Å². The average molecular weight is 298 g/mol. The molecule has 2 heterocycles. The van der Waals surface area contributed by atoms with Crippen LogP contribution in [-0.2, 0) is 19.6 Å². The minimum Gasteiger partial charge on any atom is -0.308 e. The third-order valence-corrected chi connectivity index (χ3v) is 3.29. The maximum absolute atomic E-state index is 4.42. The number of aryl methyl sites for hydroxylation is 1. The van der Waals surface area contributed by atoms with E-state index in [1.54, 1.807) is 0 Å². The van der Waals surface area contributed by atoms with Crippen molar-refractivity contribution in [3.05, 3.63) is 35.4 Å². The van der Waals surface area contributed by atoms with Crippen LogP contribution < -0.4 is 5.32 Å². The molecule has 0 saturated heterocycles. The fourth-order valence-corrected chi connectivity index (χ4v) is 2.17. The molecule has 112 valence electrons. The maximum atomic E-state index is 4.42. The molecule has 0 aliphatic heterocycles. The molecule has 0 fully saturated rings. The second-order valence-electron chi connectivity index (χ2n) is 5.10. The third-order valence-electron chi connectivity index (χ3n) is 3.29. The highest BCUT2D eigenvalue weighted by atomic mass is 35.5. The van der Waals surface area contributed by atoms with Gasteiger partial charge in [0.1, 0.15) is 0 Å². The van der Waals surface area contributed by atoms with E-state index < -0.39 is 0 Å².